The summed E-state index contributed by atoms with van der Waals surface area (Å²) in [7, 11) is 0. The fourth-order valence-corrected chi connectivity index (χ4v) is 9.50. The SMILES string of the molecule is CCn1c(-c2ccc(N(c3ccc(-c4ccccc4)cc3)c3ccc(-c4ccccc4)cc3)cc2)ccc1-c1ccc(N(c2ccc(-c3ccccc3)cc2)c2ccc(-c3ccccc3)cc2)cc1. The number of hydrogen-bond acceptors (Lipinski definition) is 2. The minimum absolute atomic E-state index is 0.836. The van der Waals surface area contributed by atoms with Gasteiger partial charge in [-0.2, -0.15) is 0 Å². The topological polar surface area (TPSA) is 11.4 Å². The van der Waals surface area contributed by atoms with Gasteiger partial charge in [-0.1, -0.05) is 194 Å². The van der Waals surface area contributed by atoms with Crippen LogP contribution in [0.25, 0.3) is 67.0 Å². The fraction of sp³-hybridized carbons (Fsp3) is 0.0303. The zero-order chi connectivity index (χ0) is 46.4. The highest BCUT2D eigenvalue weighted by Crippen LogP contribution is 2.41. The van der Waals surface area contributed by atoms with E-state index in [2.05, 4.69) is 300 Å². The zero-order valence-electron chi connectivity index (χ0n) is 38.6. The second-order valence-electron chi connectivity index (χ2n) is 17.3. The third-order valence-corrected chi connectivity index (χ3v) is 13.1. The van der Waals surface area contributed by atoms with E-state index in [0.29, 0.717) is 0 Å². The van der Waals surface area contributed by atoms with E-state index >= 15 is 0 Å². The lowest BCUT2D eigenvalue weighted by atomic mass is 10.0. The van der Waals surface area contributed by atoms with E-state index in [1.165, 1.54) is 67.0 Å². The Balaban J connectivity index is 0.895. The monoisotopic (exact) mass is 885 g/mol. The summed E-state index contributed by atoms with van der Waals surface area (Å²) >= 11 is 0. The van der Waals surface area contributed by atoms with Crippen molar-refractivity contribution in [3.63, 3.8) is 0 Å². The largest absolute Gasteiger partial charge is 0.341 e. The molecule has 69 heavy (non-hydrogen) atoms. The molecule has 0 unspecified atom stereocenters. The summed E-state index contributed by atoms with van der Waals surface area (Å²) in [5.74, 6) is 0. The van der Waals surface area contributed by atoms with Gasteiger partial charge in [0.15, 0.2) is 0 Å². The minimum Gasteiger partial charge on any atom is -0.341 e. The Morgan fingerprint density at radius 3 is 0.609 bits per heavy atom. The van der Waals surface area contributed by atoms with Crippen LogP contribution in [0.5, 0.6) is 0 Å². The Kier molecular flexibility index (Phi) is 12.1. The van der Waals surface area contributed by atoms with E-state index in [9.17, 15) is 0 Å². The van der Waals surface area contributed by atoms with Crippen molar-refractivity contribution in [2.75, 3.05) is 9.80 Å². The highest BCUT2D eigenvalue weighted by molar-refractivity contribution is 5.83. The molecule has 1 aromatic heterocycles. The molecule has 0 aliphatic heterocycles. The molecular weight excluding hydrogens is 835 g/mol. The molecule has 0 bridgehead atoms. The highest BCUT2D eigenvalue weighted by atomic mass is 15.1. The van der Waals surface area contributed by atoms with E-state index in [1.54, 1.807) is 0 Å². The molecule has 0 aliphatic carbocycles. The van der Waals surface area contributed by atoms with E-state index in [-0.39, 0.29) is 0 Å². The molecule has 0 fully saturated rings. The summed E-state index contributed by atoms with van der Waals surface area (Å²) in [6.45, 7) is 3.07. The van der Waals surface area contributed by atoms with Gasteiger partial charge in [-0.15, -0.1) is 0 Å². The first-order valence-electron chi connectivity index (χ1n) is 23.8. The van der Waals surface area contributed by atoms with Gasteiger partial charge in [0, 0.05) is 52.1 Å². The summed E-state index contributed by atoms with van der Waals surface area (Å²) in [4.78, 5) is 4.69. The van der Waals surface area contributed by atoms with Crippen LogP contribution in [-0.4, -0.2) is 4.57 Å². The molecule has 3 nitrogen and oxygen atoms in total. The molecule has 0 spiro atoms. The molecule has 0 saturated carbocycles. The Hall–Kier alpha value is -8.92. The van der Waals surface area contributed by atoms with Crippen molar-refractivity contribution in [3.8, 4) is 67.0 Å². The van der Waals surface area contributed by atoms with Gasteiger partial charge in [0.25, 0.3) is 0 Å². The third kappa shape index (κ3) is 9.02. The van der Waals surface area contributed by atoms with Crippen LogP contribution in [0.3, 0.4) is 0 Å². The van der Waals surface area contributed by atoms with Crippen LogP contribution in [0, 0.1) is 0 Å². The minimum atomic E-state index is 0.836. The smallest absolute Gasteiger partial charge is 0.0485 e. The molecule has 11 rings (SSSR count). The zero-order valence-corrected chi connectivity index (χ0v) is 38.6. The fourth-order valence-electron chi connectivity index (χ4n) is 9.50. The first kappa shape index (κ1) is 42.7. The molecule has 10 aromatic carbocycles. The number of aromatic nitrogens is 1. The summed E-state index contributed by atoms with van der Waals surface area (Å²) in [5.41, 5.74) is 20.9. The van der Waals surface area contributed by atoms with Gasteiger partial charge in [0.2, 0.25) is 0 Å². The normalized spacial score (nSPS) is 11.0. The first-order chi connectivity index (χ1) is 34.2. The molecule has 3 heteroatoms. The van der Waals surface area contributed by atoms with Gasteiger partial charge < -0.3 is 14.4 Å². The van der Waals surface area contributed by atoms with Crippen LogP contribution >= 0.6 is 0 Å². The van der Waals surface area contributed by atoms with E-state index in [4.69, 9.17) is 0 Å². The van der Waals surface area contributed by atoms with Crippen LogP contribution < -0.4 is 9.80 Å². The Morgan fingerprint density at radius 2 is 0.406 bits per heavy atom. The standard InChI is InChI=1S/C66H51N3/c1-2-67-65(57-31-43-63(44-32-57)68(59-35-23-53(24-36-59)49-15-7-3-8-16-49)60-37-25-54(26-38-60)50-17-9-4-10-18-50)47-48-66(67)58-33-45-64(46-34-58)69(61-39-27-55(28-40-61)51-19-11-5-12-20-51)62-41-29-56(30-42-62)52-21-13-6-14-22-52/h3-48H,2H2,1H3. The van der Waals surface area contributed by atoms with E-state index in [0.717, 1.165) is 40.7 Å². The average Bonchev–Trinajstić information content (AvgIpc) is 3.88. The number of benzene rings is 10. The van der Waals surface area contributed by atoms with Crippen molar-refractivity contribution in [2.45, 2.75) is 13.5 Å². The van der Waals surface area contributed by atoms with E-state index in [1.807, 2.05) is 0 Å². The molecule has 330 valence electrons. The van der Waals surface area contributed by atoms with E-state index < -0.39 is 0 Å². The molecule has 1 heterocycles. The second-order valence-corrected chi connectivity index (χ2v) is 17.3. The maximum absolute atomic E-state index is 2.43. The predicted octanol–water partition coefficient (Wildman–Crippen LogP) is 18.4. The maximum atomic E-state index is 2.43. The van der Waals surface area contributed by atoms with Gasteiger partial charge in [-0.25, -0.2) is 0 Å². The lowest BCUT2D eigenvalue weighted by Gasteiger charge is -2.26. The van der Waals surface area contributed by atoms with Crippen molar-refractivity contribution in [3.05, 3.63) is 279 Å². The van der Waals surface area contributed by atoms with Gasteiger partial charge in [0.1, 0.15) is 0 Å². The lowest BCUT2D eigenvalue weighted by Crippen LogP contribution is -2.10. The number of nitrogens with zero attached hydrogens (tertiary/aromatic N) is 3. The summed E-state index contributed by atoms with van der Waals surface area (Å²) < 4.78 is 2.43. The van der Waals surface area contributed by atoms with Crippen molar-refractivity contribution < 1.29 is 0 Å². The number of hydrogen-bond donors (Lipinski definition) is 0. The molecule has 0 atom stereocenters. The van der Waals surface area contributed by atoms with Crippen molar-refractivity contribution in [1.29, 1.82) is 0 Å². The molecular formula is C66H51N3. The van der Waals surface area contributed by atoms with Crippen molar-refractivity contribution in [2.24, 2.45) is 0 Å². The second kappa shape index (κ2) is 19.5. The molecule has 0 N–H and O–H groups in total. The molecule has 11 aromatic rings. The lowest BCUT2D eigenvalue weighted by molar-refractivity contribution is 0.785. The Bertz CT molecular complexity index is 2990. The maximum Gasteiger partial charge on any atom is 0.0485 e. The molecule has 0 radical (unpaired) electrons. The van der Waals surface area contributed by atoms with Gasteiger partial charge in [-0.3, -0.25) is 0 Å². The van der Waals surface area contributed by atoms with Gasteiger partial charge in [-0.05, 0) is 147 Å². The molecule has 0 aliphatic rings. The van der Waals surface area contributed by atoms with Crippen LogP contribution in [0.2, 0.25) is 0 Å². The number of rotatable bonds is 13. The summed E-state index contributed by atoms with van der Waals surface area (Å²) in [6.07, 6.45) is 0. The highest BCUT2D eigenvalue weighted by Gasteiger charge is 2.18. The van der Waals surface area contributed by atoms with Gasteiger partial charge in [0.05, 0.1) is 0 Å². The summed E-state index contributed by atoms with van der Waals surface area (Å²) in [5, 5.41) is 0. The van der Waals surface area contributed by atoms with Crippen molar-refractivity contribution in [1.82, 2.24) is 4.57 Å². The van der Waals surface area contributed by atoms with Crippen molar-refractivity contribution >= 4 is 34.1 Å². The third-order valence-electron chi connectivity index (χ3n) is 13.1. The van der Waals surface area contributed by atoms with Crippen LogP contribution in [-0.2, 0) is 6.54 Å². The van der Waals surface area contributed by atoms with Crippen LogP contribution in [0.1, 0.15) is 6.92 Å². The van der Waals surface area contributed by atoms with Crippen LogP contribution in [0.4, 0.5) is 34.1 Å². The molecule has 0 saturated heterocycles. The number of anilines is 6. The molecule has 0 amide bonds. The first-order valence-corrected chi connectivity index (χ1v) is 23.8. The Morgan fingerprint density at radius 1 is 0.217 bits per heavy atom. The van der Waals surface area contributed by atoms with Crippen LogP contribution in [0.15, 0.2) is 279 Å². The summed E-state index contributed by atoms with van der Waals surface area (Å²) in [6, 6.07) is 100. The quantitative estimate of drug-likeness (QED) is 0.114. The van der Waals surface area contributed by atoms with Gasteiger partial charge >= 0.3 is 0 Å². The average molecular weight is 886 g/mol. The Labute approximate surface area is 406 Å². The predicted molar refractivity (Wildman–Crippen MR) is 292 cm³/mol.